The van der Waals surface area contributed by atoms with E-state index >= 15 is 0 Å². The highest BCUT2D eigenvalue weighted by molar-refractivity contribution is 6.35. The number of hydrogen-bond acceptors (Lipinski definition) is 6. The van der Waals surface area contributed by atoms with Crippen LogP contribution in [0, 0.1) is 0 Å². The summed E-state index contributed by atoms with van der Waals surface area (Å²) in [6.07, 6.45) is 0.786. The van der Waals surface area contributed by atoms with Crippen molar-refractivity contribution in [2.75, 3.05) is 18.5 Å². The van der Waals surface area contributed by atoms with Crippen LogP contribution in [0.5, 0.6) is 5.75 Å². The van der Waals surface area contributed by atoms with Gasteiger partial charge in [0.1, 0.15) is 11.6 Å². The molecule has 0 aliphatic rings. The minimum absolute atomic E-state index is 0.506. The molecule has 0 aliphatic heterocycles. The third kappa shape index (κ3) is 3.55. The summed E-state index contributed by atoms with van der Waals surface area (Å²) in [5, 5.41) is 19.5. The Kier molecular flexibility index (Phi) is 4.55. The normalized spacial score (nSPS) is 10.8. The fourth-order valence-corrected chi connectivity index (χ4v) is 2.27. The van der Waals surface area contributed by atoms with E-state index in [2.05, 4.69) is 25.9 Å². The number of rotatable bonds is 6. The summed E-state index contributed by atoms with van der Waals surface area (Å²) in [7, 11) is 0. The van der Waals surface area contributed by atoms with E-state index in [1.807, 2.05) is 6.07 Å². The molecule has 1 N–H and O–H groups in total. The van der Waals surface area contributed by atoms with Crippen molar-refractivity contribution in [1.29, 1.82) is 0 Å². The Morgan fingerprint density at radius 1 is 1.18 bits per heavy atom. The molecule has 114 valence electrons. The zero-order chi connectivity index (χ0) is 15.4. The van der Waals surface area contributed by atoms with Gasteiger partial charge in [0.05, 0.1) is 11.6 Å². The molecule has 1 aromatic carbocycles. The lowest BCUT2D eigenvalue weighted by atomic mass is 10.3. The van der Waals surface area contributed by atoms with Crippen molar-refractivity contribution in [3.05, 3.63) is 40.4 Å². The number of nitrogens with one attached hydrogen (secondary N) is 1. The topological polar surface area (TPSA) is 77.2 Å². The highest BCUT2D eigenvalue weighted by Crippen LogP contribution is 2.27. The molecule has 0 spiro atoms. The fourth-order valence-electron chi connectivity index (χ4n) is 1.81. The molecule has 9 heteroatoms. The van der Waals surface area contributed by atoms with Crippen LogP contribution in [0.2, 0.25) is 10.0 Å². The number of benzene rings is 1. The first-order chi connectivity index (χ1) is 10.7. The van der Waals surface area contributed by atoms with Crippen LogP contribution in [0.4, 0.5) is 5.82 Å². The summed E-state index contributed by atoms with van der Waals surface area (Å²) in [5.74, 6) is 1.32. The van der Waals surface area contributed by atoms with Crippen LogP contribution in [0.25, 0.3) is 5.65 Å². The first-order valence-corrected chi connectivity index (χ1v) is 7.35. The van der Waals surface area contributed by atoms with Crippen molar-refractivity contribution >= 4 is 34.7 Å². The van der Waals surface area contributed by atoms with Gasteiger partial charge in [-0.3, -0.25) is 0 Å². The van der Waals surface area contributed by atoms with E-state index in [4.69, 9.17) is 27.9 Å². The summed E-state index contributed by atoms with van der Waals surface area (Å²) in [4.78, 5) is 0. The highest BCUT2D eigenvalue weighted by Gasteiger charge is 2.03. The molecule has 0 radical (unpaired) electrons. The third-order valence-corrected chi connectivity index (χ3v) is 3.38. The van der Waals surface area contributed by atoms with Crippen LogP contribution in [-0.4, -0.2) is 38.4 Å². The van der Waals surface area contributed by atoms with E-state index in [0.717, 1.165) is 6.42 Å². The van der Waals surface area contributed by atoms with E-state index in [0.29, 0.717) is 40.4 Å². The first kappa shape index (κ1) is 14.8. The number of ether oxygens (including phenoxy) is 1. The number of aromatic nitrogens is 5. The monoisotopic (exact) mass is 338 g/mol. The van der Waals surface area contributed by atoms with Crippen LogP contribution >= 0.6 is 23.2 Å². The van der Waals surface area contributed by atoms with Crippen molar-refractivity contribution in [1.82, 2.24) is 25.3 Å². The Bertz CT molecular complexity index is 778. The maximum Gasteiger partial charge on any atom is 0.200 e. The van der Waals surface area contributed by atoms with Crippen molar-refractivity contribution in [2.45, 2.75) is 6.42 Å². The van der Waals surface area contributed by atoms with Crippen LogP contribution in [0.1, 0.15) is 6.42 Å². The molecule has 0 saturated heterocycles. The largest absolute Gasteiger partial charge is 0.492 e. The molecule has 22 heavy (non-hydrogen) atoms. The van der Waals surface area contributed by atoms with Gasteiger partial charge in [-0.15, -0.1) is 14.8 Å². The van der Waals surface area contributed by atoms with Crippen molar-refractivity contribution in [3.63, 3.8) is 0 Å². The molecule has 0 fully saturated rings. The number of tetrazole rings is 1. The number of nitrogens with zero attached hydrogens (tertiary/aromatic N) is 5. The first-order valence-electron chi connectivity index (χ1n) is 6.59. The van der Waals surface area contributed by atoms with Crippen LogP contribution < -0.4 is 10.1 Å². The van der Waals surface area contributed by atoms with Gasteiger partial charge in [0.2, 0.25) is 0 Å². The summed E-state index contributed by atoms with van der Waals surface area (Å²) >= 11 is 11.9. The second kappa shape index (κ2) is 6.76. The lowest BCUT2D eigenvalue weighted by Gasteiger charge is -2.09. The fraction of sp³-hybridized carbons (Fsp3) is 0.231. The Labute approximate surface area is 136 Å². The van der Waals surface area contributed by atoms with Gasteiger partial charge in [0, 0.05) is 11.6 Å². The molecule has 0 saturated carbocycles. The molecular weight excluding hydrogens is 327 g/mol. The zero-order valence-electron chi connectivity index (χ0n) is 11.4. The Morgan fingerprint density at radius 3 is 2.95 bits per heavy atom. The molecule has 0 bridgehead atoms. The molecule has 3 rings (SSSR count). The predicted molar refractivity (Wildman–Crippen MR) is 83.6 cm³/mol. The second-order valence-corrected chi connectivity index (χ2v) is 5.29. The smallest absolute Gasteiger partial charge is 0.200 e. The molecule has 3 aromatic rings. The minimum atomic E-state index is 0.506. The standard InChI is InChI=1S/C13H12Cl2N6O/c14-9-2-3-11(10(15)8-9)22-7-1-6-16-12-4-5-13-17-19-20-21(13)18-12/h2-5,8H,1,6-7H2,(H,16,18). The Balaban J connectivity index is 1.45. The van der Waals surface area contributed by atoms with E-state index in [1.54, 1.807) is 24.3 Å². The highest BCUT2D eigenvalue weighted by atomic mass is 35.5. The summed E-state index contributed by atoms with van der Waals surface area (Å²) in [6, 6.07) is 8.77. The lowest BCUT2D eigenvalue weighted by Crippen LogP contribution is -2.09. The van der Waals surface area contributed by atoms with Gasteiger partial charge in [-0.2, -0.15) is 0 Å². The van der Waals surface area contributed by atoms with Gasteiger partial charge in [-0.25, -0.2) is 0 Å². The molecule has 0 aliphatic carbocycles. The van der Waals surface area contributed by atoms with E-state index in [-0.39, 0.29) is 0 Å². The molecule has 2 heterocycles. The number of anilines is 1. The van der Waals surface area contributed by atoms with Crippen LogP contribution in [-0.2, 0) is 0 Å². The number of halogens is 2. The predicted octanol–water partition coefficient (Wildman–Crippen LogP) is 2.71. The maximum atomic E-state index is 6.03. The maximum absolute atomic E-state index is 6.03. The second-order valence-electron chi connectivity index (χ2n) is 4.45. The number of hydrogen-bond donors (Lipinski definition) is 1. The molecule has 7 nitrogen and oxygen atoms in total. The van der Waals surface area contributed by atoms with E-state index in [1.165, 1.54) is 4.63 Å². The van der Waals surface area contributed by atoms with Crippen molar-refractivity contribution in [2.24, 2.45) is 0 Å². The Morgan fingerprint density at radius 2 is 2.09 bits per heavy atom. The Hall–Kier alpha value is -2.12. The van der Waals surface area contributed by atoms with E-state index < -0.39 is 0 Å². The van der Waals surface area contributed by atoms with Crippen molar-refractivity contribution in [3.8, 4) is 5.75 Å². The van der Waals surface area contributed by atoms with Crippen LogP contribution in [0.15, 0.2) is 30.3 Å². The van der Waals surface area contributed by atoms with Gasteiger partial charge < -0.3 is 10.1 Å². The molecule has 2 aromatic heterocycles. The van der Waals surface area contributed by atoms with Crippen molar-refractivity contribution < 1.29 is 4.74 Å². The summed E-state index contributed by atoms with van der Waals surface area (Å²) < 4.78 is 6.97. The average molecular weight is 339 g/mol. The molecular formula is C13H12Cl2N6O. The quantitative estimate of drug-likeness (QED) is 0.696. The van der Waals surface area contributed by atoms with Gasteiger partial charge in [-0.1, -0.05) is 23.2 Å². The van der Waals surface area contributed by atoms with Crippen LogP contribution in [0.3, 0.4) is 0 Å². The van der Waals surface area contributed by atoms with Gasteiger partial charge in [0.25, 0.3) is 0 Å². The van der Waals surface area contributed by atoms with Gasteiger partial charge in [-0.05, 0) is 47.2 Å². The average Bonchev–Trinajstić information content (AvgIpc) is 2.96. The SMILES string of the molecule is Clc1ccc(OCCCNc2ccc3nnnn3n2)c(Cl)c1. The van der Waals surface area contributed by atoms with Gasteiger partial charge >= 0.3 is 0 Å². The minimum Gasteiger partial charge on any atom is -0.492 e. The molecule has 0 unspecified atom stereocenters. The van der Waals surface area contributed by atoms with Gasteiger partial charge in [0.15, 0.2) is 5.65 Å². The molecule has 0 amide bonds. The summed E-state index contributed by atoms with van der Waals surface area (Å²) in [5.41, 5.74) is 0.603. The number of fused-ring (bicyclic) bond motifs is 1. The zero-order valence-corrected chi connectivity index (χ0v) is 12.9. The van der Waals surface area contributed by atoms with E-state index in [9.17, 15) is 0 Å². The third-order valence-electron chi connectivity index (χ3n) is 2.85. The lowest BCUT2D eigenvalue weighted by molar-refractivity contribution is 0.315. The molecule has 0 atom stereocenters. The summed E-state index contributed by atoms with van der Waals surface area (Å²) in [6.45, 7) is 1.23.